The highest BCUT2D eigenvalue weighted by molar-refractivity contribution is 5.91. The zero-order valence-electron chi connectivity index (χ0n) is 18.0. The van der Waals surface area contributed by atoms with Crippen molar-refractivity contribution in [3.05, 3.63) is 58.3 Å². The number of aromatic nitrogens is 2. The SMILES string of the molecule is Cc1cc(F)c(NC(=O)NCCC(C)(C)C)cc1-c1ccc2c(=O)n(C)ncc2c1. The Morgan fingerprint density at radius 1 is 1.20 bits per heavy atom. The lowest BCUT2D eigenvalue weighted by molar-refractivity contribution is 0.250. The van der Waals surface area contributed by atoms with Crippen LogP contribution in [0, 0.1) is 18.2 Å². The molecular formula is C23H27FN4O2. The van der Waals surface area contributed by atoms with Gasteiger partial charge >= 0.3 is 6.03 Å². The maximum Gasteiger partial charge on any atom is 0.319 e. The summed E-state index contributed by atoms with van der Waals surface area (Å²) in [5.41, 5.74) is 2.33. The number of benzene rings is 2. The number of fused-ring (bicyclic) bond motifs is 1. The first kappa shape index (κ1) is 21.5. The summed E-state index contributed by atoms with van der Waals surface area (Å²) in [6.07, 6.45) is 2.44. The molecule has 0 aliphatic heterocycles. The second-order valence-corrected chi connectivity index (χ2v) is 8.71. The topological polar surface area (TPSA) is 76.0 Å². The maximum absolute atomic E-state index is 14.5. The van der Waals surface area contributed by atoms with Gasteiger partial charge in [0.05, 0.1) is 17.3 Å². The van der Waals surface area contributed by atoms with E-state index in [0.29, 0.717) is 17.3 Å². The number of anilines is 1. The zero-order valence-corrected chi connectivity index (χ0v) is 18.0. The van der Waals surface area contributed by atoms with E-state index in [4.69, 9.17) is 0 Å². The van der Waals surface area contributed by atoms with Crippen LogP contribution in [0.1, 0.15) is 32.8 Å². The molecule has 0 radical (unpaired) electrons. The molecule has 0 aliphatic carbocycles. The van der Waals surface area contributed by atoms with Gasteiger partial charge in [-0.05, 0) is 59.7 Å². The Morgan fingerprint density at radius 2 is 1.93 bits per heavy atom. The molecule has 3 rings (SSSR count). The second kappa shape index (κ2) is 8.26. The number of aryl methyl sites for hydroxylation is 2. The monoisotopic (exact) mass is 410 g/mol. The van der Waals surface area contributed by atoms with Gasteiger partial charge in [-0.1, -0.05) is 26.8 Å². The normalized spacial score (nSPS) is 11.5. The predicted molar refractivity (Wildman–Crippen MR) is 118 cm³/mol. The van der Waals surface area contributed by atoms with Crippen molar-refractivity contribution in [3.63, 3.8) is 0 Å². The number of nitrogens with one attached hydrogen (secondary N) is 2. The molecule has 0 saturated carbocycles. The first-order valence-electron chi connectivity index (χ1n) is 9.86. The van der Waals surface area contributed by atoms with Gasteiger partial charge in [-0.25, -0.2) is 13.9 Å². The lowest BCUT2D eigenvalue weighted by atomic mass is 9.92. The van der Waals surface area contributed by atoms with Crippen molar-refractivity contribution < 1.29 is 9.18 Å². The second-order valence-electron chi connectivity index (χ2n) is 8.71. The Hall–Kier alpha value is -3.22. The average molecular weight is 410 g/mol. The largest absolute Gasteiger partial charge is 0.338 e. The first-order chi connectivity index (χ1) is 14.0. The van der Waals surface area contributed by atoms with Gasteiger partial charge in [0.1, 0.15) is 5.82 Å². The molecule has 2 N–H and O–H groups in total. The van der Waals surface area contributed by atoms with E-state index in [0.717, 1.165) is 23.1 Å². The highest BCUT2D eigenvalue weighted by Crippen LogP contribution is 2.30. The smallest absolute Gasteiger partial charge is 0.319 e. The third-order valence-electron chi connectivity index (χ3n) is 4.98. The molecule has 1 heterocycles. The van der Waals surface area contributed by atoms with Crippen molar-refractivity contribution in [1.29, 1.82) is 0 Å². The average Bonchev–Trinajstić information content (AvgIpc) is 2.65. The summed E-state index contributed by atoms with van der Waals surface area (Å²) in [6, 6.07) is 7.97. The summed E-state index contributed by atoms with van der Waals surface area (Å²) >= 11 is 0. The Bertz CT molecular complexity index is 1160. The van der Waals surface area contributed by atoms with Gasteiger partial charge in [0, 0.05) is 19.0 Å². The van der Waals surface area contributed by atoms with E-state index in [1.54, 1.807) is 32.3 Å². The molecule has 3 aromatic rings. The number of hydrogen-bond acceptors (Lipinski definition) is 3. The molecule has 0 saturated heterocycles. The van der Waals surface area contributed by atoms with Crippen LogP contribution in [0.4, 0.5) is 14.9 Å². The van der Waals surface area contributed by atoms with Gasteiger partial charge in [0.25, 0.3) is 5.56 Å². The van der Waals surface area contributed by atoms with E-state index in [-0.39, 0.29) is 16.7 Å². The van der Waals surface area contributed by atoms with Crippen LogP contribution in [0.25, 0.3) is 21.9 Å². The number of hydrogen-bond donors (Lipinski definition) is 2. The van der Waals surface area contributed by atoms with E-state index in [1.165, 1.54) is 10.7 Å². The fraction of sp³-hybridized carbons (Fsp3) is 0.348. The van der Waals surface area contributed by atoms with E-state index < -0.39 is 11.8 Å². The molecule has 30 heavy (non-hydrogen) atoms. The summed E-state index contributed by atoms with van der Waals surface area (Å²) in [6.45, 7) is 8.58. The van der Waals surface area contributed by atoms with Gasteiger partial charge in [-0.2, -0.15) is 5.10 Å². The summed E-state index contributed by atoms with van der Waals surface area (Å²) in [7, 11) is 1.60. The van der Waals surface area contributed by atoms with Gasteiger partial charge < -0.3 is 10.6 Å². The Balaban J connectivity index is 1.88. The highest BCUT2D eigenvalue weighted by Gasteiger charge is 2.14. The van der Waals surface area contributed by atoms with E-state index in [2.05, 4.69) is 36.5 Å². The molecule has 7 heteroatoms. The van der Waals surface area contributed by atoms with Crippen LogP contribution in [0.3, 0.4) is 0 Å². The van der Waals surface area contributed by atoms with Crippen molar-refractivity contribution in [1.82, 2.24) is 15.1 Å². The van der Waals surface area contributed by atoms with Gasteiger partial charge in [-0.3, -0.25) is 4.79 Å². The van der Waals surface area contributed by atoms with Gasteiger partial charge in [0.2, 0.25) is 0 Å². The predicted octanol–water partition coefficient (Wildman–Crippen LogP) is 4.61. The van der Waals surface area contributed by atoms with Crippen LogP contribution in [-0.2, 0) is 7.05 Å². The van der Waals surface area contributed by atoms with Crippen molar-refractivity contribution in [3.8, 4) is 11.1 Å². The van der Waals surface area contributed by atoms with Crippen LogP contribution in [0.2, 0.25) is 0 Å². The van der Waals surface area contributed by atoms with Crippen LogP contribution in [-0.4, -0.2) is 22.4 Å². The quantitative estimate of drug-likeness (QED) is 0.660. The van der Waals surface area contributed by atoms with Crippen molar-refractivity contribution >= 4 is 22.5 Å². The van der Waals surface area contributed by atoms with Gasteiger partial charge in [-0.15, -0.1) is 0 Å². The van der Waals surface area contributed by atoms with Crippen LogP contribution in [0.15, 0.2) is 41.3 Å². The Kier molecular flexibility index (Phi) is 5.92. The van der Waals surface area contributed by atoms with Crippen molar-refractivity contribution in [2.24, 2.45) is 12.5 Å². The molecule has 0 atom stereocenters. The van der Waals surface area contributed by atoms with Crippen LogP contribution < -0.4 is 16.2 Å². The minimum Gasteiger partial charge on any atom is -0.338 e. The number of halogens is 1. The standard InChI is InChI=1S/C23H27FN4O2/c1-14-10-19(24)20(27-22(30)25-9-8-23(2,3)4)12-18(14)15-6-7-17-16(11-15)13-26-28(5)21(17)29/h6-7,10-13H,8-9H2,1-5H3,(H2,25,27,30). The first-order valence-corrected chi connectivity index (χ1v) is 9.86. The summed E-state index contributed by atoms with van der Waals surface area (Å²) < 4.78 is 15.8. The Labute approximate surface area is 175 Å². The lowest BCUT2D eigenvalue weighted by Crippen LogP contribution is -2.31. The van der Waals surface area contributed by atoms with Crippen LogP contribution in [0.5, 0.6) is 0 Å². The molecular weight excluding hydrogens is 383 g/mol. The molecule has 2 amide bonds. The molecule has 0 unspecified atom stereocenters. The molecule has 6 nitrogen and oxygen atoms in total. The minimum absolute atomic E-state index is 0.0987. The maximum atomic E-state index is 14.5. The summed E-state index contributed by atoms with van der Waals surface area (Å²) in [5.74, 6) is -0.501. The number of rotatable bonds is 4. The fourth-order valence-corrected chi connectivity index (χ4v) is 3.20. The molecule has 1 aromatic heterocycles. The van der Waals surface area contributed by atoms with Crippen molar-refractivity contribution in [2.45, 2.75) is 34.1 Å². The third kappa shape index (κ3) is 4.84. The number of urea groups is 1. The Morgan fingerprint density at radius 3 is 2.63 bits per heavy atom. The van der Waals surface area contributed by atoms with E-state index in [9.17, 15) is 14.0 Å². The molecule has 0 spiro atoms. The number of nitrogens with zero attached hydrogens (tertiary/aromatic N) is 2. The fourth-order valence-electron chi connectivity index (χ4n) is 3.20. The van der Waals surface area contributed by atoms with E-state index >= 15 is 0 Å². The molecule has 0 fully saturated rings. The number of carbonyl (C=O) groups is 1. The molecule has 158 valence electrons. The minimum atomic E-state index is -0.501. The number of carbonyl (C=O) groups excluding carboxylic acids is 1. The summed E-state index contributed by atoms with van der Waals surface area (Å²) in [5, 5.41) is 10.7. The third-order valence-corrected chi connectivity index (χ3v) is 4.98. The van der Waals surface area contributed by atoms with Crippen molar-refractivity contribution in [2.75, 3.05) is 11.9 Å². The van der Waals surface area contributed by atoms with Gasteiger partial charge in [0.15, 0.2) is 0 Å². The number of amides is 2. The lowest BCUT2D eigenvalue weighted by Gasteiger charge is -2.18. The summed E-state index contributed by atoms with van der Waals surface area (Å²) in [4.78, 5) is 24.4. The molecule has 0 aliphatic rings. The molecule has 2 aromatic carbocycles. The highest BCUT2D eigenvalue weighted by atomic mass is 19.1. The molecule has 0 bridgehead atoms. The van der Waals surface area contributed by atoms with E-state index in [1.807, 2.05) is 12.1 Å². The zero-order chi connectivity index (χ0) is 22.1. The van der Waals surface area contributed by atoms with Crippen LogP contribution >= 0.6 is 0 Å².